The normalized spacial score (nSPS) is 22.9. The molecule has 0 aliphatic carbocycles. The molecule has 1 heterocycles. The Morgan fingerprint density at radius 3 is 3.07 bits per heavy atom. The molecule has 1 rings (SSSR count). The first-order chi connectivity index (χ1) is 7.24. The predicted molar refractivity (Wildman–Crippen MR) is 57.7 cm³/mol. The lowest BCUT2D eigenvalue weighted by Gasteiger charge is -2.12. The van der Waals surface area contributed by atoms with Crippen molar-refractivity contribution in [3.05, 3.63) is 0 Å². The molecule has 15 heavy (non-hydrogen) atoms. The van der Waals surface area contributed by atoms with Crippen LogP contribution in [0.1, 0.15) is 32.1 Å². The number of carbonyl (C=O) groups excluding carboxylic acids is 1. The van der Waals surface area contributed by atoms with Crippen molar-refractivity contribution >= 4 is 5.78 Å². The molecule has 0 saturated carbocycles. The monoisotopic (exact) mass is 215 g/mol. The number of ether oxygens (including phenoxy) is 2. The Morgan fingerprint density at radius 1 is 1.67 bits per heavy atom. The van der Waals surface area contributed by atoms with Crippen molar-refractivity contribution in [2.75, 3.05) is 20.3 Å². The maximum absolute atomic E-state index is 11.6. The highest BCUT2D eigenvalue weighted by Crippen LogP contribution is 2.17. The summed E-state index contributed by atoms with van der Waals surface area (Å²) < 4.78 is 10.3. The topological polar surface area (TPSA) is 61.5 Å². The maximum atomic E-state index is 11.6. The van der Waals surface area contributed by atoms with Crippen molar-refractivity contribution in [1.29, 1.82) is 0 Å². The van der Waals surface area contributed by atoms with E-state index in [1.807, 2.05) is 0 Å². The van der Waals surface area contributed by atoms with Gasteiger partial charge in [0.05, 0.1) is 12.1 Å². The van der Waals surface area contributed by atoms with E-state index in [9.17, 15) is 4.79 Å². The number of hydrogen-bond donors (Lipinski definition) is 1. The highest BCUT2D eigenvalue weighted by atomic mass is 16.5. The summed E-state index contributed by atoms with van der Waals surface area (Å²) in [5.74, 6) is 0.127. The summed E-state index contributed by atoms with van der Waals surface area (Å²) in [6, 6.07) is -0.369. The van der Waals surface area contributed by atoms with Crippen LogP contribution >= 0.6 is 0 Å². The highest BCUT2D eigenvalue weighted by Gasteiger charge is 2.19. The third-order valence-corrected chi connectivity index (χ3v) is 2.78. The van der Waals surface area contributed by atoms with E-state index in [2.05, 4.69) is 0 Å². The fourth-order valence-electron chi connectivity index (χ4n) is 1.77. The van der Waals surface area contributed by atoms with Crippen LogP contribution in [-0.4, -0.2) is 38.3 Å². The summed E-state index contributed by atoms with van der Waals surface area (Å²) in [4.78, 5) is 11.6. The Balaban J connectivity index is 2.11. The van der Waals surface area contributed by atoms with Crippen LogP contribution in [0.25, 0.3) is 0 Å². The number of rotatable bonds is 7. The molecule has 4 nitrogen and oxygen atoms in total. The summed E-state index contributed by atoms with van der Waals surface area (Å²) in [7, 11) is 1.61. The molecule has 1 aliphatic rings. The van der Waals surface area contributed by atoms with E-state index in [4.69, 9.17) is 15.2 Å². The molecule has 4 heteroatoms. The predicted octanol–water partition coefficient (Wildman–Crippen LogP) is 0.878. The molecule has 1 fully saturated rings. The van der Waals surface area contributed by atoms with Crippen LogP contribution in [0, 0.1) is 0 Å². The molecule has 88 valence electrons. The number of Topliss-reactive ketones (excluding diaryl/α,β-unsaturated/α-hetero) is 1. The van der Waals surface area contributed by atoms with Crippen molar-refractivity contribution < 1.29 is 14.3 Å². The SMILES string of the molecule is COCCC(N)C(=O)CCC1CCCO1. The largest absolute Gasteiger partial charge is 0.385 e. The van der Waals surface area contributed by atoms with Gasteiger partial charge < -0.3 is 15.2 Å². The average molecular weight is 215 g/mol. The molecular formula is C11H21NO3. The second-order valence-corrected chi connectivity index (χ2v) is 4.03. The molecule has 2 atom stereocenters. The molecule has 0 aromatic rings. The van der Waals surface area contributed by atoms with E-state index >= 15 is 0 Å². The fraction of sp³-hybridized carbons (Fsp3) is 0.909. The summed E-state index contributed by atoms with van der Waals surface area (Å²) in [5, 5.41) is 0. The molecule has 2 N–H and O–H groups in total. The number of hydrogen-bond acceptors (Lipinski definition) is 4. The van der Waals surface area contributed by atoms with Gasteiger partial charge in [0.1, 0.15) is 5.78 Å². The van der Waals surface area contributed by atoms with Gasteiger partial charge in [0, 0.05) is 26.7 Å². The van der Waals surface area contributed by atoms with Crippen molar-refractivity contribution in [2.45, 2.75) is 44.2 Å². The smallest absolute Gasteiger partial charge is 0.149 e. The first-order valence-corrected chi connectivity index (χ1v) is 5.63. The Bertz CT molecular complexity index is 190. The van der Waals surface area contributed by atoms with Gasteiger partial charge in [-0.2, -0.15) is 0 Å². The molecule has 2 unspecified atom stereocenters. The number of methoxy groups -OCH3 is 1. The van der Waals surface area contributed by atoms with E-state index in [1.54, 1.807) is 7.11 Å². The van der Waals surface area contributed by atoms with Crippen LogP contribution in [0.15, 0.2) is 0 Å². The van der Waals surface area contributed by atoms with Crippen LogP contribution in [-0.2, 0) is 14.3 Å². The first-order valence-electron chi connectivity index (χ1n) is 5.63. The minimum atomic E-state index is -0.369. The Hall–Kier alpha value is -0.450. The lowest BCUT2D eigenvalue weighted by Crippen LogP contribution is -2.32. The molecule has 0 radical (unpaired) electrons. The maximum Gasteiger partial charge on any atom is 0.149 e. The Morgan fingerprint density at radius 2 is 2.47 bits per heavy atom. The van der Waals surface area contributed by atoms with Gasteiger partial charge in [-0.15, -0.1) is 0 Å². The van der Waals surface area contributed by atoms with Crippen molar-refractivity contribution in [1.82, 2.24) is 0 Å². The van der Waals surface area contributed by atoms with Gasteiger partial charge >= 0.3 is 0 Å². The van der Waals surface area contributed by atoms with E-state index in [0.29, 0.717) is 19.4 Å². The van der Waals surface area contributed by atoms with Gasteiger partial charge in [0.2, 0.25) is 0 Å². The zero-order chi connectivity index (χ0) is 11.1. The molecule has 0 amide bonds. The molecule has 1 saturated heterocycles. The van der Waals surface area contributed by atoms with Crippen LogP contribution in [0.3, 0.4) is 0 Å². The quantitative estimate of drug-likeness (QED) is 0.684. The minimum absolute atomic E-state index is 0.127. The van der Waals surface area contributed by atoms with Crippen LogP contribution in [0.2, 0.25) is 0 Å². The summed E-state index contributed by atoms with van der Waals surface area (Å²) in [5.41, 5.74) is 5.72. The third kappa shape index (κ3) is 4.73. The molecular weight excluding hydrogens is 194 g/mol. The van der Waals surface area contributed by atoms with Gasteiger partial charge in [-0.25, -0.2) is 0 Å². The van der Waals surface area contributed by atoms with E-state index in [0.717, 1.165) is 25.9 Å². The number of nitrogens with two attached hydrogens (primary N) is 1. The fourth-order valence-corrected chi connectivity index (χ4v) is 1.77. The van der Waals surface area contributed by atoms with Gasteiger partial charge in [-0.05, 0) is 25.7 Å². The lowest BCUT2D eigenvalue weighted by molar-refractivity contribution is -0.121. The zero-order valence-electron chi connectivity index (χ0n) is 9.41. The lowest BCUT2D eigenvalue weighted by atomic mass is 10.0. The van der Waals surface area contributed by atoms with E-state index < -0.39 is 0 Å². The van der Waals surface area contributed by atoms with E-state index in [-0.39, 0.29) is 17.9 Å². The summed E-state index contributed by atoms with van der Waals surface area (Å²) >= 11 is 0. The van der Waals surface area contributed by atoms with Crippen molar-refractivity contribution in [2.24, 2.45) is 5.73 Å². The molecule has 0 aromatic carbocycles. The van der Waals surface area contributed by atoms with Crippen LogP contribution in [0.5, 0.6) is 0 Å². The zero-order valence-corrected chi connectivity index (χ0v) is 9.41. The Labute approximate surface area is 91.1 Å². The van der Waals surface area contributed by atoms with E-state index in [1.165, 1.54) is 0 Å². The second-order valence-electron chi connectivity index (χ2n) is 4.03. The van der Waals surface area contributed by atoms with Crippen molar-refractivity contribution in [3.63, 3.8) is 0 Å². The molecule has 0 aromatic heterocycles. The third-order valence-electron chi connectivity index (χ3n) is 2.78. The molecule has 0 spiro atoms. The van der Waals surface area contributed by atoms with Gasteiger partial charge in [-0.3, -0.25) is 4.79 Å². The first kappa shape index (κ1) is 12.6. The number of ketones is 1. The van der Waals surface area contributed by atoms with Gasteiger partial charge in [0.25, 0.3) is 0 Å². The van der Waals surface area contributed by atoms with Gasteiger partial charge in [-0.1, -0.05) is 0 Å². The summed E-state index contributed by atoms with van der Waals surface area (Å²) in [6.45, 7) is 1.39. The van der Waals surface area contributed by atoms with Crippen LogP contribution < -0.4 is 5.73 Å². The minimum Gasteiger partial charge on any atom is -0.385 e. The standard InChI is InChI=1S/C11H21NO3/c1-14-8-6-10(12)11(13)5-4-9-3-2-7-15-9/h9-10H,2-8,12H2,1H3. The number of carbonyl (C=O) groups is 1. The van der Waals surface area contributed by atoms with Gasteiger partial charge in [0.15, 0.2) is 0 Å². The second kappa shape index (κ2) is 6.93. The summed E-state index contributed by atoms with van der Waals surface area (Å²) in [6.07, 6.45) is 4.45. The molecule has 1 aliphatic heterocycles. The van der Waals surface area contributed by atoms with Crippen molar-refractivity contribution in [3.8, 4) is 0 Å². The van der Waals surface area contributed by atoms with Crippen LogP contribution in [0.4, 0.5) is 0 Å². The highest BCUT2D eigenvalue weighted by molar-refractivity contribution is 5.83. The Kier molecular flexibility index (Phi) is 5.83. The average Bonchev–Trinajstić information content (AvgIpc) is 2.75. The molecule has 0 bridgehead atoms.